The van der Waals surface area contributed by atoms with Crippen molar-refractivity contribution < 1.29 is 4.74 Å². The molecular formula is C13H12Br2N2O. The van der Waals surface area contributed by atoms with Gasteiger partial charge >= 0.3 is 0 Å². The van der Waals surface area contributed by atoms with Crippen molar-refractivity contribution in [1.29, 1.82) is 0 Å². The normalized spacial score (nSPS) is 10.4. The molecule has 1 aromatic heterocycles. The van der Waals surface area contributed by atoms with Gasteiger partial charge in [-0.05, 0) is 44.0 Å². The number of nitrogens with zero attached hydrogens (tertiary/aromatic N) is 1. The summed E-state index contributed by atoms with van der Waals surface area (Å²) < 4.78 is 7.66. The van der Waals surface area contributed by atoms with Gasteiger partial charge < -0.3 is 10.5 Å². The van der Waals surface area contributed by atoms with Gasteiger partial charge in [-0.2, -0.15) is 0 Å². The maximum absolute atomic E-state index is 5.81. The van der Waals surface area contributed by atoms with Crippen LogP contribution in [0.3, 0.4) is 0 Å². The summed E-state index contributed by atoms with van der Waals surface area (Å²) in [5.41, 5.74) is 7.67. The van der Waals surface area contributed by atoms with Gasteiger partial charge in [0, 0.05) is 34.5 Å². The van der Waals surface area contributed by atoms with Crippen LogP contribution in [-0.2, 0) is 13.2 Å². The lowest BCUT2D eigenvalue weighted by molar-refractivity contribution is 0.300. The summed E-state index contributed by atoms with van der Waals surface area (Å²) in [4.78, 5) is 4.10. The number of pyridine rings is 1. The highest BCUT2D eigenvalue weighted by atomic mass is 79.9. The van der Waals surface area contributed by atoms with E-state index >= 15 is 0 Å². The number of ether oxygens (including phenoxy) is 1. The number of aromatic nitrogens is 1. The van der Waals surface area contributed by atoms with E-state index in [0.717, 1.165) is 25.8 Å². The highest BCUT2D eigenvalue weighted by Gasteiger charge is 2.07. The van der Waals surface area contributed by atoms with Crippen molar-refractivity contribution >= 4 is 31.9 Å². The van der Waals surface area contributed by atoms with Crippen LogP contribution < -0.4 is 10.5 Å². The fraction of sp³-hybridized carbons (Fsp3) is 0.154. The summed E-state index contributed by atoms with van der Waals surface area (Å²) >= 11 is 6.85. The molecule has 0 spiro atoms. The van der Waals surface area contributed by atoms with Gasteiger partial charge in [0.15, 0.2) is 0 Å². The summed E-state index contributed by atoms with van der Waals surface area (Å²) in [7, 11) is 0. The van der Waals surface area contributed by atoms with Crippen molar-refractivity contribution in [2.75, 3.05) is 0 Å². The Bertz CT molecular complexity index is 546. The third-order valence-electron chi connectivity index (χ3n) is 2.41. The van der Waals surface area contributed by atoms with Crippen molar-refractivity contribution in [1.82, 2.24) is 4.98 Å². The van der Waals surface area contributed by atoms with Gasteiger partial charge in [0.1, 0.15) is 12.4 Å². The Labute approximate surface area is 123 Å². The summed E-state index contributed by atoms with van der Waals surface area (Å²) in [6.07, 6.45) is 3.52. The Kier molecular flexibility index (Phi) is 4.74. The molecule has 0 saturated heterocycles. The Morgan fingerprint density at radius 2 is 2.06 bits per heavy atom. The molecule has 1 heterocycles. The summed E-state index contributed by atoms with van der Waals surface area (Å²) in [5.74, 6) is 0.792. The molecule has 0 aliphatic heterocycles. The second-order valence-electron chi connectivity index (χ2n) is 3.73. The third kappa shape index (κ3) is 3.31. The Morgan fingerprint density at radius 1 is 1.22 bits per heavy atom. The lowest BCUT2D eigenvalue weighted by Gasteiger charge is -2.12. The van der Waals surface area contributed by atoms with E-state index in [9.17, 15) is 0 Å². The van der Waals surface area contributed by atoms with Crippen LogP contribution in [0.15, 0.2) is 45.6 Å². The number of benzene rings is 1. The number of hydrogen-bond donors (Lipinski definition) is 1. The summed E-state index contributed by atoms with van der Waals surface area (Å²) in [6.45, 7) is 0.910. The molecule has 0 aliphatic carbocycles. The molecule has 0 unspecified atom stereocenters. The zero-order chi connectivity index (χ0) is 13.0. The highest BCUT2D eigenvalue weighted by Crippen LogP contribution is 2.29. The average molecular weight is 372 g/mol. The predicted molar refractivity (Wildman–Crippen MR) is 78.3 cm³/mol. The standard InChI is InChI=1S/C13H12Br2N2O/c14-11-4-9(6-17-7-11)8-18-13-10(5-16)2-1-3-12(13)15/h1-4,6-7H,5,8,16H2. The number of nitrogens with two attached hydrogens (primary N) is 1. The molecule has 0 bridgehead atoms. The molecule has 2 N–H and O–H groups in total. The van der Waals surface area contributed by atoms with Crippen LogP contribution in [0.1, 0.15) is 11.1 Å². The first-order valence-corrected chi connectivity index (χ1v) is 6.99. The van der Waals surface area contributed by atoms with Crippen LogP contribution in [-0.4, -0.2) is 4.98 Å². The van der Waals surface area contributed by atoms with E-state index in [-0.39, 0.29) is 0 Å². The van der Waals surface area contributed by atoms with Gasteiger partial charge in [-0.1, -0.05) is 12.1 Å². The van der Waals surface area contributed by atoms with Crippen LogP contribution >= 0.6 is 31.9 Å². The minimum atomic E-state index is 0.450. The van der Waals surface area contributed by atoms with E-state index in [0.29, 0.717) is 13.2 Å². The molecule has 1 aromatic carbocycles. The molecule has 94 valence electrons. The van der Waals surface area contributed by atoms with Gasteiger partial charge in [-0.15, -0.1) is 0 Å². The number of halogens is 2. The van der Waals surface area contributed by atoms with Crippen LogP contribution in [0.5, 0.6) is 5.75 Å². The Morgan fingerprint density at radius 3 is 2.78 bits per heavy atom. The van der Waals surface area contributed by atoms with Gasteiger partial charge in [0.2, 0.25) is 0 Å². The van der Waals surface area contributed by atoms with Crippen molar-refractivity contribution in [2.24, 2.45) is 5.73 Å². The van der Waals surface area contributed by atoms with Gasteiger partial charge in [-0.3, -0.25) is 4.98 Å². The van der Waals surface area contributed by atoms with E-state index in [1.165, 1.54) is 0 Å². The molecule has 0 radical (unpaired) electrons. The SMILES string of the molecule is NCc1cccc(Br)c1OCc1cncc(Br)c1. The maximum Gasteiger partial charge on any atom is 0.138 e. The van der Waals surface area contributed by atoms with Crippen LogP contribution in [0, 0.1) is 0 Å². The second-order valence-corrected chi connectivity index (χ2v) is 5.50. The molecule has 0 aliphatic rings. The predicted octanol–water partition coefficient (Wildman–Crippen LogP) is 3.64. The summed E-state index contributed by atoms with van der Waals surface area (Å²) in [5, 5.41) is 0. The first kappa shape index (κ1) is 13.5. The van der Waals surface area contributed by atoms with Gasteiger partial charge in [0.25, 0.3) is 0 Å². The molecule has 2 aromatic rings. The molecule has 0 amide bonds. The van der Waals surface area contributed by atoms with Crippen LogP contribution in [0.25, 0.3) is 0 Å². The smallest absolute Gasteiger partial charge is 0.138 e. The average Bonchev–Trinajstić information content (AvgIpc) is 2.37. The van der Waals surface area contributed by atoms with Crippen molar-refractivity contribution in [3.63, 3.8) is 0 Å². The van der Waals surface area contributed by atoms with Crippen molar-refractivity contribution in [2.45, 2.75) is 13.2 Å². The van der Waals surface area contributed by atoms with Gasteiger partial charge in [-0.25, -0.2) is 0 Å². The van der Waals surface area contributed by atoms with E-state index < -0.39 is 0 Å². The largest absolute Gasteiger partial charge is 0.487 e. The molecule has 18 heavy (non-hydrogen) atoms. The number of hydrogen-bond acceptors (Lipinski definition) is 3. The second kappa shape index (κ2) is 6.31. The minimum Gasteiger partial charge on any atom is -0.487 e. The monoisotopic (exact) mass is 370 g/mol. The molecule has 3 nitrogen and oxygen atoms in total. The highest BCUT2D eigenvalue weighted by molar-refractivity contribution is 9.10. The third-order valence-corrected chi connectivity index (χ3v) is 3.47. The first-order chi connectivity index (χ1) is 8.70. The van der Waals surface area contributed by atoms with Crippen molar-refractivity contribution in [3.05, 3.63) is 56.7 Å². The lowest BCUT2D eigenvalue weighted by Crippen LogP contribution is -2.03. The van der Waals surface area contributed by atoms with E-state index in [2.05, 4.69) is 36.8 Å². The van der Waals surface area contributed by atoms with Crippen molar-refractivity contribution in [3.8, 4) is 5.75 Å². The lowest BCUT2D eigenvalue weighted by atomic mass is 10.2. The Hall–Kier alpha value is -0.910. The maximum atomic E-state index is 5.81. The van der Waals surface area contributed by atoms with Gasteiger partial charge in [0.05, 0.1) is 4.47 Å². The fourth-order valence-electron chi connectivity index (χ4n) is 1.57. The van der Waals surface area contributed by atoms with E-state index in [4.69, 9.17) is 10.5 Å². The Balaban J connectivity index is 2.15. The minimum absolute atomic E-state index is 0.450. The molecule has 2 rings (SSSR count). The van der Waals surface area contributed by atoms with Crippen LogP contribution in [0.4, 0.5) is 0 Å². The fourth-order valence-corrected chi connectivity index (χ4v) is 2.50. The van der Waals surface area contributed by atoms with E-state index in [1.54, 1.807) is 12.4 Å². The molecule has 0 fully saturated rings. The van der Waals surface area contributed by atoms with E-state index in [1.807, 2.05) is 24.3 Å². The number of rotatable bonds is 4. The molecule has 5 heteroatoms. The summed E-state index contributed by atoms with van der Waals surface area (Å²) in [6, 6.07) is 7.82. The zero-order valence-electron chi connectivity index (χ0n) is 9.57. The topological polar surface area (TPSA) is 48.1 Å². The molecule has 0 saturated carbocycles. The van der Waals surface area contributed by atoms with Crippen LogP contribution in [0.2, 0.25) is 0 Å². The zero-order valence-corrected chi connectivity index (χ0v) is 12.7. The molecule has 0 atom stereocenters. The number of para-hydroxylation sites is 1. The first-order valence-electron chi connectivity index (χ1n) is 5.40. The quantitative estimate of drug-likeness (QED) is 0.892. The molecular weight excluding hydrogens is 360 g/mol.